The van der Waals surface area contributed by atoms with Crippen molar-refractivity contribution in [3.05, 3.63) is 29.7 Å². The SMILES string of the molecule is COC(=O)C1COCCN1C(=O)/C=C/c1ccc(C)o1. The lowest BCUT2D eigenvalue weighted by molar-refractivity contribution is -0.158. The van der Waals surface area contributed by atoms with Crippen molar-refractivity contribution in [2.75, 3.05) is 26.9 Å². The Kier molecular flexibility index (Phi) is 4.57. The largest absolute Gasteiger partial charge is 0.467 e. The molecule has 1 unspecified atom stereocenters. The highest BCUT2D eigenvalue weighted by Gasteiger charge is 2.32. The molecule has 1 aromatic rings. The molecule has 0 radical (unpaired) electrons. The van der Waals surface area contributed by atoms with E-state index < -0.39 is 12.0 Å². The average molecular weight is 279 g/mol. The Labute approximate surface area is 116 Å². The summed E-state index contributed by atoms with van der Waals surface area (Å²) in [6, 6.07) is 2.90. The van der Waals surface area contributed by atoms with E-state index >= 15 is 0 Å². The number of morpholine rings is 1. The molecule has 6 nitrogen and oxygen atoms in total. The van der Waals surface area contributed by atoms with Gasteiger partial charge in [-0.05, 0) is 25.1 Å². The Balaban J connectivity index is 2.06. The van der Waals surface area contributed by atoms with Gasteiger partial charge in [0.25, 0.3) is 0 Å². The predicted octanol–water partition coefficient (Wildman–Crippen LogP) is 1.00. The van der Waals surface area contributed by atoms with Crippen LogP contribution in [0.4, 0.5) is 0 Å². The molecule has 108 valence electrons. The fraction of sp³-hybridized carbons (Fsp3) is 0.429. The highest BCUT2D eigenvalue weighted by Crippen LogP contribution is 2.12. The van der Waals surface area contributed by atoms with Crippen LogP contribution in [0.5, 0.6) is 0 Å². The summed E-state index contributed by atoms with van der Waals surface area (Å²) in [5, 5.41) is 0. The van der Waals surface area contributed by atoms with E-state index in [0.29, 0.717) is 18.9 Å². The zero-order valence-electron chi connectivity index (χ0n) is 11.5. The van der Waals surface area contributed by atoms with Gasteiger partial charge in [-0.25, -0.2) is 4.79 Å². The van der Waals surface area contributed by atoms with Crippen LogP contribution < -0.4 is 0 Å². The number of carbonyl (C=O) groups excluding carboxylic acids is 2. The van der Waals surface area contributed by atoms with E-state index in [4.69, 9.17) is 9.15 Å². The highest BCUT2D eigenvalue weighted by molar-refractivity contribution is 5.94. The minimum atomic E-state index is -0.691. The van der Waals surface area contributed by atoms with Crippen LogP contribution in [0.25, 0.3) is 6.08 Å². The molecular weight excluding hydrogens is 262 g/mol. The zero-order valence-corrected chi connectivity index (χ0v) is 11.5. The molecule has 20 heavy (non-hydrogen) atoms. The molecule has 1 fully saturated rings. The van der Waals surface area contributed by atoms with Crippen molar-refractivity contribution in [2.45, 2.75) is 13.0 Å². The van der Waals surface area contributed by atoms with Gasteiger partial charge in [0, 0.05) is 12.6 Å². The van der Waals surface area contributed by atoms with Crippen LogP contribution in [0.3, 0.4) is 0 Å². The summed E-state index contributed by atoms with van der Waals surface area (Å²) in [5.41, 5.74) is 0. The lowest BCUT2D eigenvalue weighted by Crippen LogP contribution is -2.52. The molecule has 0 spiro atoms. The maximum absolute atomic E-state index is 12.1. The molecule has 0 saturated carbocycles. The van der Waals surface area contributed by atoms with Gasteiger partial charge in [-0.2, -0.15) is 0 Å². The van der Waals surface area contributed by atoms with Crippen LogP contribution in [0.2, 0.25) is 0 Å². The summed E-state index contributed by atoms with van der Waals surface area (Å²) in [4.78, 5) is 25.2. The van der Waals surface area contributed by atoms with Crippen LogP contribution in [0.1, 0.15) is 11.5 Å². The van der Waals surface area contributed by atoms with Crippen molar-refractivity contribution >= 4 is 18.0 Å². The summed E-state index contributed by atoms with van der Waals surface area (Å²) in [5.74, 6) is 0.632. The third-order valence-corrected chi connectivity index (χ3v) is 3.04. The van der Waals surface area contributed by atoms with Crippen molar-refractivity contribution in [3.63, 3.8) is 0 Å². The van der Waals surface area contributed by atoms with Gasteiger partial charge in [-0.15, -0.1) is 0 Å². The monoisotopic (exact) mass is 279 g/mol. The second-order valence-electron chi connectivity index (χ2n) is 4.43. The zero-order chi connectivity index (χ0) is 14.5. The number of rotatable bonds is 3. The quantitative estimate of drug-likeness (QED) is 0.610. The number of esters is 1. The van der Waals surface area contributed by atoms with E-state index in [0.717, 1.165) is 5.76 Å². The van der Waals surface area contributed by atoms with E-state index in [1.165, 1.54) is 18.1 Å². The van der Waals surface area contributed by atoms with Gasteiger partial charge in [0.1, 0.15) is 11.5 Å². The summed E-state index contributed by atoms with van der Waals surface area (Å²) in [6.45, 7) is 2.76. The fourth-order valence-corrected chi connectivity index (χ4v) is 1.99. The van der Waals surface area contributed by atoms with E-state index in [2.05, 4.69) is 4.74 Å². The normalized spacial score (nSPS) is 19.3. The molecule has 1 atom stereocenters. The first kappa shape index (κ1) is 14.3. The molecule has 1 aromatic heterocycles. The molecule has 1 aliphatic rings. The van der Waals surface area contributed by atoms with Crippen molar-refractivity contribution in [1.82, 2.24) is 4.90 Å². The van der Waals surface area contributed by atoms with Crippen LogP contribution in [0.15, 0.2) is 22.6 Å². The third-order valence-electron chi connectivity index (χ3n) is 3.04. The number of hydrogen-bond donors (Lipinski definition) is 0. The van der Waals surface area contributed by atoms with E-state index in [1.807, 2.05) is 13.0 Å². The van der Waals surface area contributed by atoms with E-state index in [9.17, 15) is 9.59 Å². The number of aryl methyl sites for hydroxylation is 1. The van der Waals surface area contributed by atoms with Crippen LogP contribution in [0, 0.1) is 6.92 Å². The Morgan fingerprint density at radius 2 is 2.25 bits per heavy atom. The number of carbonyl (C=O) groups is 2. The Morgan fingerprint density at radius 3 is 2.90 bits per heavy atom. The summed E-state index contributed by atoms with van der Waals surface area (Å²) < 4.78 is 15.2. The average Bonchev–Trinajstić information content (AvgIpc) is 2.89. The van der Waals surface area contributed by atoms with E-state index in [-0.39, 0.29) is 12.5 Å². The first-order valence-corrected chi connectivity index (χ1v) is 6.32. The topological polar surface area (TPSA) is 69.0 Å². The van der Waals surface area contributed by atoms with Crippen LogP contribution >= 0.6 is 0 Å². The predicted molar refractivity (Wildman–Crippen MR) is 70.8 cm³/mol. The molecule has 1 saturated heterocycles. The van der Waals surface area contributed by atoms with Gasteiger partial charge in [-0.3, -0.25) is 4.79 Å². The van der Waals surface area contributed by atoms with Crippen molar-refractivity contribution < 1.29 is 23.5 Å². The van der Waals surface area contributed by atoms with Crippen molar-refractivity contribution in [3.8, 4) is 0 Å². The molecule has 1 amide bonds. The van der Waals surface area contributed by atoms with Gasteiger partial charge in [0.05, 0.1) is 20.3 Å². The number of amides is 1. The maximum atomic E-state index is 12.1. The van der Waals surface area contributed by atoms with Gasteiger partial charge in [0.2, 0.25) is 5.91 Å². The van der Waals surface area contributed by atoms with E-state index in [1.54, 1.807) is 12.1 Å². The fourth-order valence-electron chi connectivity index (χ4n) is 1.99. The number of hydrogen-bond acceptors (Lipinski definition) is 5. The number of ether oxygens (including phenoxy) is 2. The molecule has 2 heterocycles. The molecule has 0 bridgehead atoms. The molecule has 1 aliphatic heterocycles. The van der Waals surface area contributed by atoms with Crippen LogP contribution in [-0.4, -0.2) is 49.7 Å². The standard InChI is InChI=1S/C14H17NO5/c1-10-3-4-11(20-10)5-6-13(16)15-7-8-19-9-12(15)14(17)18-2/h3-6,12H,7-9H2,1-2H3/b6-5+. The third kappa shape index (κ3) is 3.27. The number of furan rings is 1. The lowest BCUT2D eigenvalue weighted by atomic mass is 10.2. The second kappa shape index (κ2) is 6.38. The molecule has 0 aromatic carbocycles. The molecule has 2 rings (SSSR count). The van der Waals surface area contributed by atoms with Crippen molar-refractivity contribution in [2.24, 2.45) is 0 Å². The molecule has 0 N–H and O–H groups in total. The van der Waals surface area contributed by atoms with Gasteiger partial charge < -0.3 is 18.8 Å². The number of methoxy groups -OCH3 is 1. The molecule has 0 aliphatic carbocycles. The summed E-state index contributed by atoms with van der Waals surface area (Å²) >= 11 is 0. The molecule has 6 heteroatoms. The Bertz CT molecular complexity index is 519. The summed E-state index contributed by atoms with van der Waals surface area (Å²) in [7, 11) is 1.29. The first-order chi connectivity index (χ1) is 9.61. The minimum absolute atomic E-state index is 0.159. The Hall–Kier alpha value is -2.08. The molecular formula is C14H17NO5. The minimum Gasteiger partial charge on any atom is -0.467 e. The highest BCUT2D eigenvalue weighted by atomic mass is 16.5. The lowest BCUT2D eigenvalue weighted by Gasteiger charge is -2.32. The van der Waals surface area contributed by atoms with Crippen LogP contribution in [-0.2, 0) is 19.1 Å². The smallest absolute Gasteiger partial charge is 0.331 e. The maximum Gasteiger partial charge on any atom is 0.331 e. The second-order valence-corrected chi connectivity index (χ2v) is 4.43. The van der Waals surface area contributed by atoms with Crippen molar-refractivity contribution in [1.29, 1.82) is 0 Å². The Morgan fingerprint density at radius 1 is 1.45 bits per heavy atom. The summed E-state index contributed by atoms with van der Waals surface area (Å²) in [6.07, 6.45) is 2.97. The van der Waals surface area contributed by atoms with Gasteiger partial charge in [0.15, 0.2) is 6.04 Å². The van der Waals surface area contributed by atoms with Gasteiger partial charge >= 0.3 is 5.97 Å². The van der Waals surface area contributed by atoms with Gasteiger partial charge in [-0.1, -0.05) is 0 Å². The number of nitrogens with zero attached hydrogens (tertiary/aromatic N) is 1. The first-order valence-electron chi connectivity index (χ1n) is 6.32.